The Bertz CT molecular complexity index is 130. The fourth-order valence-corrected chi connectivity index (χ4v) is 1.05. The molecule has 0 saturated heterocycles. The molecule has 2 atom stereocenters. The molecule has 2 unspecified atom stereocenters. The molecule has 0 aromatic rings. The molecule has 0 amide bonds. The minimum Gasteiger partial charge on any atom is -0.394 e. The normalized spacial score (nSPS) is 13.8. The summed E-state index contributed by atoms with van der Waals surface area (Å²) in [6, 6.07) is 0. The van der Waals surface area contributed by atoms with Crippen LogP contribution in [0, 0.1) is 0 Å². The lowest BCUT2D eigenvalue weighted by Crippen LogP contribution is -2.16. The van der Waals surface area contributed by atoms with Crippen molar-refractivity contribution < 1.29 is 24.8 Å². The number of aliphatic hydroxyl groups excluding tert-OH is 3. The van der Waals surface area contributed by atoms with Crippen LogP contribution in [0.4, 0.5) is 0 Å². The first-order chi connectivity index (χ1) is 8.08. The molecule has 0 aliphatic heterocycles. The zero-order chi connectivity index (χ0) is 13.5. The molecule has 0 saturated carbocycles. The summed E-state index contributed by atoms with van der Waals surface area (Å²) in [5.41, 5.74) is 0. The number of unbranched alkanes of at least 4 members (excludes halogenated alkanes) is 1. The zero-order valence-corrected chi connectivity index (χ0v) is 11.3. The van der Waals surface area contributed by atoms with Gasteiger partial charge in [0.2, 0.25) is 0 Å². The van der Waals surface area contributed by atoms with Gasteiger partial charge in [0.1, 0.15) is 0 Å². The van der Waals surface area contributed by atoms with Gasteiger partial charge < -0.3 is 24.8 Å². The second-order valence-electron chi connectivity index (χ2n) is 3.90. The molecule has 5 heteroatoms. The van der Waals surface area contributed by atoms with E-state index in [2.05, 4.69) is 11.7 Å². The van der Waals surface area contributed by atoms with Gasteiger partial charge >= 0.3 is 0 Å². The first kappa shape index (κ1) is 19.1. The molecule has 0 aliphatic carbocycles. The molecule has 0 radical (unpaired) electrons. The van der Waals surface area contributed by atoms with Crippen molar-refractivity contribution >= 4 is 0 Å². The van der Waals surface area contributed by atoms with E-state index in [1.807, 2.05) is 0 Å². The van der Waals surface area contributed by atoms with Gasteiger partial charge in [0.05, 0.1) is 38.6 Å². The summed E-state index contributed by atoms with van der Waals surface area (Å²) >= 11 is 0. The number of aliphatic hydroxyl groups is 3. The van der Waals surface area contributed by atoms with Crippen molar-refractivity contribution in [1.82, 2.24) is 0 Å². The molecule has 0 spiro atoms. The summed E-state index contributed by atoms with van der Waals surface area (Å²) in [6.45, 7) is 4.90. The highest BCUT2D eigenvalue weighted by atomic mass is 16.5. The number of hydrogen-bond acceptors (Lipinski definition) is 5. The summed E-state index contributed by atoms with van der Waals surface area (Å²) in [5, 5.41) is 26.0. The van der Waals surface area contributed by atoms with Gasteiger partial charge in [-0.15, -0.1) is 0 Å². The van der Waals surface area contributed by atoms with Crippen LogP contribution < -0.4 is 0 Å². The number of methoxy groups -OCH3 is 1. The van der Waals surface area contributed by atoms with E-state index in [1.165, 1.54) is 0 Å². The molecule has 0 aromatic carbocycles. The van der Waals surface area contributed by atoms with Crippen LogP contribution in [0.3, 0.4) is 0 Å². The highest BCUT2D eigenvalue weighted by Crippen LogP contribution is 2.00. The van der Waals surface area contributed by atoms with Crippen molar-refractivity contribution in [2.45, 2.75) is 45.3 Å². The number of ether oxygens (including phenoxy) is 2. The van der Waals surface area contributed by atoms with Crippen molar-refractivity contribution in [3.05, 3.63) is 0 Å². The van der Waals surface area contributed by atoms with E-state index >= 15 is 0 Å². The lowest BCUT2D eigenvalue weighted by atomic mass is 10.2. The average Bonchev–Trinajstić information content (AvgIpc) is 2.27. The molecule has 0 heterocycles. The van der Waals surface area contributed by atoms with Gasteiger partial charge in [0, 0.05) is 7.11 Å². The molecule has 106 valence electrons. The first-order valence-electron chi connectivity index (χ1n) is 6.12. The topological polar surface area (TPSA) is 79.2 Å². The van der Waals surface area contributed by atoms with Crippen LogP contribution in [-0.4, -0.2) is 61.1 Å². The summed E-state index contributed by atoms with van der Waals surface area (Å²) < 4.78 is 9.49. The molecule has 17 heavy (non-hydrogen) atoms. The Balaban J connectivity index is 0. The van der Waals surface area contributed by atoms with Gasteiger partial charge in [-0.2, -0.15) is 0 Å². The highest BCUT2D eigenvalue weighted by molar-refractivity contribution is 4.52. The Morgan fingerprint density at radius 2 is 1.82 bits per heavy atom. The van der Waals surface area contributed by atoms with Crippen LogP contribution in [0.15, 0.2) is 0 Å². The Kier molecular flexibility index (Phi) is 17.8. The maximum Gasteiger partial charge on any atom is 0.0773 e. The summed E-state index contributed by atoms with van der Waals surface area (Å²) in [4.78, 5) is 0. The average molecular weight is 252 g/mol. The van der Waals surface area contributed by atoms with Crippen LogP contribution in [0.2, 0.25) is 0 Å². The van der Waals surface area contributed by atoms with E-state index in [0.717, 1.165) is 19.3 Å². The largest absolute Gasteiger partial charge is 0.394 e. The Hall–Kier alpha value is -0.200. The van der Waals surface area contributed by atoms with Crippen LogP contribution in [0.5, 0.6) is 0 Å². The van der Waals surface area contributed by atoms with Crippen LogP contribution in [-0.2, 0) is 9.47 Å². The van der Waals surface area contributed by atoms with Crippen molar-refractivity contribution in [3.8, 4) is 0 Å². The lowest BCUT2D eigenvalue weighted by molar-refractivity contribution is 0.0172. The minimum absolute atomic E-state index is 0.0283. The van der Waals surface area contributed by atoms with Gasteiger partial charge in [0.25, 0.3) is 0 Å². The van der Waals surface area contributed by atoms with E-state index in [9.17, 15) is 5.11 Å². The van der Waals surface area contributed by atoms with E-state index in [0.29, 0.717) is 19.8 Å². The fourth-order valence-electron chi connectivity index (χ4n) is 1.05. The van der Waals surface area contributed by atoms with E-state index in [4.69, 9.17) is 14.9 Å². The van der Waals surface area contributed by atoms with E-state index in [1.54, 1.807) is 14.0 Å². The molecule has 0 aliphatic rings. The van der Waals surface area contributed by atoms with E-state index in [-0.39, 0.29) is 18.8 Å². The standard InChI is InChI=1S/C8H18O3.C4H10O2/c1-2-3-4-8(10)7-11-6-5-9;1-4(5)3-6-2/h8-10H,2-7H2,1H3;4-5H,3H2,1-2H3. The van der Waals surface area contributed by atoms with Crippen molar-refractivity contribution in [1.29, 1.82) is 0 Å². The molecular formula is C12H28O5. The third-order valence-corrected chi connectivity index (χ3v) is 1.84. The van der Waals surface area contributed by atoms with Crippen LogP contribution in [0.25, 0.3) is 0 Å². The summed E-state index contributed by atoms with van der Waals surface area (Å²) in [6.07, 6.45) is 2.24. The predicted octanol–water partition coefficient (Wildman–Crippen LogP) is 0.560. The zero-order valence-electron chi connectivity index (χ0n) is 11.3. The van der Waals surface area contributed by atoms with Crippen molar-refractivity contribution in [3.63, 3.8) is 0 Å². The maximum absolute atomic E-state index is 9.20. The maximum atomic E-state index is 9.20. The Morgan fingerprint density at radius 1 is 1.18 bits per heavy atom. The van der Waals surface area contributed by atoms with E-state index < -0.39 is 0 Å². The summed E-state index contributed by atoms with van der Waals surface area (Å²) in [7, 11) is 1.56. The minimum atomic E-state index is -0.360. The molecular weight excluding hydrogens is 224 g/mol. The Morgan fingerprint density at radius 3 is 2.18 bits per heavy atom. The third-order valence-electron chi connectivity index (χ3n) is 1.84. The number of hydrogen-bond donors (Lipinski definition) is 3. The molecule has 3 N–H and O–H groups in total. The van der Waals surface area contributed by atoms with Gasteiger partial charge in [-0.25, -0.2) is 0 Å². The predicted molar refractivity (Wildman–Crippen MR) is 67.0 cm³/mol. The molecule has 0 fully saturated rings. The molecule has 0 rings (SSSR count). The van der Waals surface area contributed by atoms with Crippen molar-refractivity contribution in [2.75, 3.05) is 33.5 Å². The second-order valence-corrected chi connectivity index (χ2v) is 3.90. The SMILES string of the molecule is CCCCC(O)COCCO.COCC(C)O. The van der Waals surface area contributed by atoms with Gasteiger partial charge in [0.15, 0.2) is 0 Å². The molecule has 5 nitrogen and oxygen atoms in total. The molecule has 0 bridgehead atoms. The van der Waals surface area contributed by atoms with Gasteiger partial charge in [-0.1, -0.05) is 19.8 Å². The molecule has 0 aromatic heterocycles. The van der Waals surface area contributed by atoms with Crippen LogP contribution >= 0.6 is 0 Å². The smallest absolute Gasteiger partial charge is 0.0773 e. The monoisotopic (exact) mass is 252 g/mol. The van der Waals surface area contributed by atoms with Crippen LogP contribution in [0.1, 0.15) is 33.1 Å². The summed E-state index contributed by atoms with van der Waals surface area (Å²) in [5.74, 6) is 0. The van der Waals surface area contributed by atoms with Gasteiger partial charge in [-0.3, -0.25) is 0 Å². The number of rotatable bonds is 9. The quantitative estimate of drug-likeness (QED) is 0.523. The lowest BCUT2D eigenvalue weighted by Gasteiger charge is -2.09. The second kappa shape index (κ2) is 15.8. The van der Waals surface area contributed by atoms with Crippen molar-refractivity contribution in [2.24, 2.45) is 0 Å². The third kappa shape index (κ3) is 21.6. The first-order valence-corrected chi connectivity index (χ1v) is 6.12. The highest BCUT2D eigenvalue weighted by Gasteiger charge is 2.01. The van der Waals surface area contributed by atoms with Gasteiger partial charge in [-0.05, 0) is 13.3 Å². The fraction of sp³-hybridized carbons (Fsp3) is 1.00. The Labute approximate surface area is 104 Å².